The Balaban J connectivity index is -0.000000590. The van der Waals surface area contributed by atoms with Gasteiger partial charge in [-0.25, -0.2) is 4.79 Å². The summed E-state index contributed by atoms with van der Waals surface area (Å²) in [5.74, 6) is 0. The topological polar surface area (TPSA) is 149 Å². The van der Waals surface area contributed by atoms with Crippen molar-refractivity contribution in [3.05, 3.63) is 5.73 Å². The van der Waals surface area contributed by atoms with E-state index in [0.29, 0.717) is 71.2 Å². The van der Waals surface area contributed by atoms with Crippen molar-refractivity contribution >= 4 is 39.1 Å². The molecule has 0 rings (SSSR count). The third-order valence-electron chi connectivity index (χ3n) is 4.21. The number of hydrogen-bond donors (Lipinski definition) is 3. The molecule has 0 radical (unpaired) electrons. The molecule has 0 aliphatic carbocycles. The minimum Gasteiger partial charge on any atom is -0.450 e. The van der Waals surface area contributed by atoms with Gasteiger partial charge in [-0.05, 0) is 63.8 Å². The first kappa shape index (κ1) is 40.7. The van der Waals surface area contributed by atoms with E-state index in [1.165, 1.54) is 0 Å². The summed E-state index contributed by atoms with van der Waals surface area (Å²) in [6, 6.07) is 0.389. The van der Waals surface area contributed by atoms with E-state index >= 15 is 0 Å². The standard InChI is InChI=1S/C10H25N2O4PSi.C10H24N2O4Si.U/c1-4-14-18(15-5-2,16-6-3)9-7-8-11-10(13)12-17;1-4-14-17(15-5-2,16-6-3)9-7-8-12-10(11)13;/h4-9,17H2,1-3H3,(H2,11,12,13);4-9H2,1-3H3,(H3,11,12,13);/p-1. The van der Waals surface area contributed by atoms with Gasteiger partial charge in [-0.15, -0.1) is 0 Å². The van der Waals surface area contributed by atoms with E-state index < -0.39 is 23.6 Å². The molecule has 0 aromatic rings. The third-order valence-corrected chi connectivity index (χ3v) is 10.8. The van der Waals surface area contributed by atoms with Crippen LogP contribution in [0, 0.1) is 31.1 Å². The molecule has 16 heteroatoms. The molecule has 0 aromatic heterocycles. The molecule has 0 aromatic carbocycles. The van der Waals surface area contributed by atoms with Crippen molar-refractivity contribution < 1.29 is 67.3 Å². The van der Waals surface area contributed by atoms with E-state index in [1.54, 1.807) is 0 Å². The Morgan fingerprint density at radius 1 is 0.667 bits per heavy atom. The molecular weight excluding hydrogens is 749 g/mol. The van der Waals surface area contributed by atoms with Crippen molar-refractivity contribution in [2.24, 2.45) is 0 Å². The zero-order valence-electron chi connectivity index (χ0n) is 22.8. The Kier molecular flexibility index (Phi) is 30.3. The Labute approximate surface area is 245 Å². The molecule has 4 amide bonds. The van der Waals surface area contributed by atoms with Gasteiger partial charge >= 0.3 is 23.6 Å². The molecule has 0 heterocycles. The number of amides is 4. The second-order valence-electron chi connectivity index (χ2n) is 6.83. The van der Waals surface area contributed by atoms with Gasteiger partial charge in [0.2, 0.25) is 0 Å². The summed E-state index contributed by atoms with van der Waals surface area (Å²) in [6.07, 6.45) is 1.46. The first-order chi connectivity index (χ1) is 16.7. The van der Waals surface area contributed by atoms with E-state index in [1.807, 2.05) is 41.5 Å². The van der Waals surface area contributed by atoms with Crippen LogP contribution >= 0.6 is 9.39 Å². The zero-order valence-corrected chi connectivity index (χ0v) is 30.1. The van der Waals surface area contributed by atoms with Gasteiger partial charge in [0.05, 0.1) is 0 Å². The maximum atomic E-state index is 11.0. The predicted molar refractivity (Wildman–Crippen MR) is 144 cm³/mol. The minimum atomic E-state index is -2.58. The van der Waals surface area contributed by atoms with Gasteiger partial charge in [-0.2, -0.15) is 0 Å². The van der Waals surface area contributed by atoms with Gasteiger partial charge in [-0.3, -0.25) is 4.79 Å². The molecule has 0 fully saturated rings. The average Bonchev–Trinajstić information content (AvgIpc) is 2.81. The van der Waals surface area contributed by atoms with Crippen LogP contribution in [0.4, 0.5) is 9.59 Å². The van der Waals surface area contributed by atoms with Crippen molar-refractivity contribution in [1.29, 1.82) is 0 Å². The molecule has 0 aliphatic heterocycles. The first-order valence-electron chi connectivity index (χ1n) is 12.3. The summed E-state index contributed by atoms with van der Waals surface area (Å²) >= 11 is 0. The maximum absolute atomic E-state index is 11.0. The maximum Gasteiger partial charge on any atom is 0.500 e. The summed E-state index contributed by atoms with van der Waals surface area (Å²) < 4.78 is 34.1. The number of urea groups is 2. The molecule has 36 heavy (non-hydrogen) atoms. The molecule has 4 N–H and O–H groups in total. The molecule has 1 atom stereocenters. The third kappa shape index (κ3) is 21.2. The summed E-state index contributed by atoms with van der Waals surface area (Å²) in [5.41, 5.74) is 6.72. The number of hydrogen-bond acceptors (Lipinski definition) is 8. The summed E-state index contributed by atoms with van der Waals surface area (Å²) in [6.45, 7) is 15.9. The summed E-state index contributed by atoms with van der Waals surface area (Å²) in [7, 11) is -2.98. The SMILES string of the molecule is CCO[Si](CCCNC(=O)NP)(OCC)OCC.CCO[Si](CCCNC([NH-])=O)(OCC)OCC.[U]. The molecule has 214 valence electrons. The van der Waals surface area contributed by atoms with Crippen molar-refractivity contribution in [1.82, 2.24) is 15.7 Å². The number of nitrogens with one attached hydrogen (secondary N) is 4. The van der Waals surface area contributed by atoms with Crippen LogP contribution in [-0.4, -0.2) is 82.4 Å². The van der Waals surface area contributed by atoms with Gasteiger partial charge in [-0.1, -0.05) is 6.54 Å². The van der Waals surface area contributed by atoms with Crippen LogP contribution in [0.3, 0.4) is 0 Å². The molecule has 0 bridgehead atoms. The predicted octanol–water partition coefficient (Wildman–Crippen LogP) is 3.70. The van der Waals surface area contributed by atoms with Crippen LogP contribution in [0.1, 0.15) is 54.4 Å². The van der Waals surface area contributed by atoms with Gasteiger partial charge in [0.25, 0.3) is 0 Å². The van der Waals surface area contributed by atoms with E-state index in [9.17, 15) is 9.59 Å². The first-order valence-corrected chi connectivity index (χ1v) is 16.8. The Morgan fingerprint density at radius 3 is 1.22 bits per heavy atom. The molecular formula is C20H48N4O8PSi2U-. The van der Waals surface area contributed by atoms with E-state index in [0.717, 1.165) is 6.42 Å². The fourth-order valence-corrected chi connectivity index (χ4v) is 8.39. The Bertz CT molecular complexity index is 514. The number of carbonyl (C=O) groups is 2. The van der Waals surface area contributed by atoms with E-state index in [2.05, 4.69) is 25.1 Å². The largest absolute Gasteiger partial charge is 0.500 e. The smallest absolute Gasteiger partial charge is 0.450 e. The van der Waals surface area contributed by atoms with Crippen LogP contribution in [0.15, 0.2) is 0 Å². The molecule has 0 saturated carbocycles. The normalized spacial score (nSPS) is 11.1. The van der Waals surface area contributed by atoms with Crippen molar-refractivity contribution in [3.63, 3.8) is 0 Å². The molecule has 12 nitrogen and oxygen atoms in total. The fourth-order valence-electron chi connectivity index (χ4n) is 3.07. The van der Waals surface area contributed by atoms with Crippen LogP contribution in [0.5, 0.6) is 0 Å². The quantitative estimate of drug-likeness (QED) is 0.0961. The van der Waals surface area contributed by atoms with Crippen molar-refractivity contribution in [3.8, 4) is 0 Å². The van der Waals surface area contributed by atoms with Crippen LogP contribution in [-0.2, 0) is 26.6 Å². The van der Waals surface area contributed by atoms with Gasteiger partial charge < -0.3 is 48.0 Å². The van der Waals surface area contributed by atoms with E-state index in [-0.39, 0.29) is 37.1 Å². The fraction of sp³-hybridized carbons (Fsp3) is 0.900. The van der Waals surface area contributed by atoms with Gasteiger partial charge in [0.1, 0.15) is 6.03 Å². The monoisotopic (exact) mass is 797 g/mol. The van der Waals surface area contributed by atoms with E-state index in [4.69, 9.17) is 32.3 Å². The van der Waals surface area contributed by atoms with Gasteiger partial charge in [0, 0.05) is 89.4 Å². The number of carbonyl (C=O) groups excluding carboxylic acids is 2. The Morgan fingerprint density at radius 2 is 0.972 bits per heavy atom. The molecule has 0 spiro atoms. The molecule has 1 unspecified atom stereocenters. The van der Waals surface area contributed by atoms with Crippen molar-refractivity contribution in [2.45, 2.75) is 66.5 Å². The zero-order chi connectivity index (χ0) is 27.0. The second kappa shape index (κ2) is 26.8. The summed E-state index contributed by atoms with van der Waals surface area (Å²) in [5, 5.41) is 7.57. The van der Waals surface area contributed by atoms with Crippen molar-refractivity contribution in [2.75, 3.05) is 52.7 Å². The second-order valence-corrected chi connectivity index (χ2v) is 12.6. The van der Waals surface area contributed by atoms with Crippen LogP contribution in [0.2, 0.25) is 12.1 Å². The average molecular weight is 798 g/mol. The summed E-state index contributed by atoms with van der Waals surface area (Å²) in [4.78, 5) is 21.4. The van der Waals surface area contributed by atoms with Crippen LogP contribution in [0.25, 0.3) is 5.73 Å². The minimum absolute atomic E-state index is 0. The van der Waals surface area contributed by atoms with Gasteiger partial charge in [0.15, 0.2) is 0 Å². The molecule has 0 aliphatic rings. The van der Waals surface area contributed by atoms with Crippen LogP contribution < -0.4 is 15.7 Å². The molecule has 0 saturated heterocycles. The number of rotatable bonds is 20. The Hall–Kier alpha value is 0.216.